The van der Waals surface area contributed by atoms with Crippen LogP contribution in [-0.2, 0) is 11.2 Å². The summed E-state index contributed by atoms with van der Waals surface area (Å²) < 4.78 is 0. The average Bonchev–Trinajstić information content (AvgIpc) is 3.16. The van der Waals surface area contributed by atoms with Crippen molar-refractivity contribution in [2.75, 3.05) is 7.05 Å². The number of hydrogen-bond donors (Lipinski definition) is 1. The number of nitrogens with one attached hydrogen (secondary N) is 1. The molecule has 5 heteroatoms. The minimum Gasteiger partial charge on any atom is -0.338 e. The lowest BCUT2D eigenvalue weighted by atomic mass is 10.1. The van der Waals surface area contributed by atoms with Gasteiger partial charge >= 0.3 is 0 Å². The summed E-state index contributed by atoms with van der Waals surface area (Å²) in [6, 6.07) is 12.0. The van der Waals surface area contributed by atoms with Gasteiger partial charge in [0.25, 0.3) is 0 Å². The summed E-state index contributed by atoms with van der Waals surface area (Å²) in [6.45, 7) is 2.05. The summed E-state index contributed by atoms with van der Waals surface area (Å²) in [5.74, 6) is 0.0882. The number of amides is 1. The summed E-state index contributed by atoms with van der Waals surface area (Å²) in [5, 5.41) is 10.3. The van der Waals surface area contributed by atoms with Crippen LogP contribution < -0.4 is 0 Å². The lowest BCUT2D eigenvalue weighted by Crippen LogP contribution is -2.30. The molecule has 0 saturated carbocycles. The Morgan fingerprint density at radius 2 is 2.14 bits per heavy atom. The van der Waals surface area contributed by atoms with E-state index in [0.29, 0.717) is 6.42 Å². The number of aromatic nitrogens is 2. The summed E-state index contributed by atoms with van der Waals surface area (Å²) in [7, 11) is 1.85. The lowest BCUT2D eigenvalue weighted by Gasteiger charge is -2.24. The molecule has 1 amide bonds. The highest BCUT2D eigenvalue weighted by Crippen LogP contribution is 2.24. The third kappa shape index (κ3) is 2.69. The molecule has 0 fully saturated rings. The van der Waals surface area contributed by atoms with Gasteiger partial charge in [-0.2, -0.15) is 5.10 Å². The van der Waals surface area contributed by atoms with Crippen LogP contribution in [0.15, 0.2) is 41.8 Å². The number of hydrogen-bond acceptors (Lipinski definition) is 3. The Labute approximate surface area is 127 Å². The number of likely N-dealkylation sites (N-methyl/N-ethyl adjacent to an activating group) is 1. The predicted octanol–water partition coefficient (Wildman–Crippen LogP) is 3.39. The lowest BCUT2D eigenvalue weighted by molar-refractivity contribution is -0.131. The molecule has 2 aromatic heterocycles. The minimum atomic E-state index is 0.0882. The second kappa shape index (κ2) is 5.69. The number of H-pyrrole nitrogens is 1. The molecule has 108 valence electrons. The fourth-order valence-corrected chi connectivity index (χ4v) is 3.19. The molecule has 0 aliphatic carbocycles. The predicted molar refractivity (Wildman–Crippen MR) is 85.3 cm³/mol. The van der Waals surface area contributed by atoms with E-state index in [1.807, 2.05) is 42.8 Å². The Balaban J connectivity index is 1.77. The van der Waals surface area contributed by atoms with Crippen molar-refractivity contribution in [1.82, 2.24) is 15.1 Å². The molecule has 0 aliphatic rings. The summed E-state index contributed by atoms with van der Waals surface area (Å²) in [6.07, 6.45) is 0.340. The number of benzene rings is 1. The molecular weight excluding hydrogens is 282 g/mol. The smallest absolute Gasteiger partial charge is 0.228 e. The molecule has 3 rings (SSSR count). The molecule has 0 spiro atoms. The van der Waals surface area contributed by atoms with Crippen LogP contribution in [0.1, 0.15) is 23.5 Å². The highest BCUT2D eigenvalue weighted by atomic mass is 32.1. The summed E-state index contributed by atoms with van der Waals surface area (Å²) in [4.78, 5) is 15.5. The van der Waals surface area contributed by atoms with E-state index >= 15 is 0 Å². The standard InChI is InChI=1S/C16H17N3OS/c1-11(15-8-5-9-21-15)19(2)16(20)10-14-12-6-3-4-7-13(12)17-18-14/h3-9,11H,10H2,1-2H3,(H,17,18)/t11-/m1/s1. The van der Waals surface area contributed by atoms with Gasteiger partial charge in [-0.05, 0) is 24.4 Å². The van der Waals surface area contributed by atoms with Gasteiger partial charge in [-0.15, -0.1) is 11.3 Å². The zero-order valence-electron chi connectivity index (χ0n) is 12.0. The first-order valence-corrected chi connectivity index (χ1v) is 7.76. The fraction of sp³-hybridized carbons (Fsp3) is 0.250. The Kier molecular flexibility index (Phi) is 3.75. The molecule has 1 atom stereocenters. The average molecular weight is 299 g/mol. The summed E-state index contributed by atoms with van der Waals surface area (Å²) >= 11 is 1.67. The van der Waals surface area contributed by atoms with Crippen LogP contribution in [0.25, 0.3) is 10.9 Å². The molecule has 0 radical (unpaired) electrons. The van der Waals surface area contributed by atoms with Gasteiger partial charge in [-0.3, -0.25) is 9.89 Å². The van der Waals surface area contributed by atoms with Gasteiger partial charge in [-0.1, -0.05) is 24.3 Å². The number of rotatable bonds is 4. The van der Waals surface area contributed by atoms with Crippen molar-refractivity contribution in [1.29, 1.82) is 0 Å². The molecule has 4 nitrogen and oxygen atoms in total. The van der Waals surface area contributed by atoms with Crippen molar-refractivity contribution in [2.24, 2.45) is 0 Å². The minimum absolute atomic E-state index is 0.0882. The van der Waals surface area contributed by atoms with E-state index < -0.39 is 0 Å². The highest BCUT2D eigenvalue weighted by Gasteiger charge is 2.19. The van der Waals surface area contributed by atoms with Gasteiger partial charge in [-0.25, -0.2) is 0 Å². The Hall–Kier alpha value is -2.14. The van der Waals surface area contributed by atoms with Crippen LogP contribution in [0.3, 0.4) is 0 Å². The molecule has 1 N–H and O–H groups in total. The van der Waals surface area contributed by atoms with E-state index in [1.54, 1.807) is 16.2 Å². The fourth-order valence-electron chi connectivity index (χ4n) is 2.36. The van der Waals surface area contributed by atoms with E-state index in [4.69, 9.17) is 0 Å². The van der Waals surface area contributed by atoms with E-state index in [0.717, 1.165) is 16.6 Å². The SMILES string of the molecule is C[C@H](c1cccs1)N(C)C(=O)Cc1[nH]nc2ccccc12. The van der Waals surface area contributed by atoms with Crippen molar-refractivity contribution in [3.8, 4) is 0 Å². The number of thiophene rings is 1. The number of aromatic amines is 1. The normalized spacial score (nSPS) is 12.5. The quantitative estimate of drug-likeness (QED) is 0.803. The van der Waals surface area contributed by atoms with E-state index in [2.05, 4.69) is 23.2 Å². The van der Waals surface area contributed by atoms with Crippen molar-refractivity contribution >= 4 is 28.1 Å². The molecule has 21 heavy (non-hydrogen) atoms. The van der Waals surface area contributed by atoms with Crippen LogP contribution in [0.4, 0.5) is 0 Å². The van der Waals surface area contributed by atoms with E-state index in [9.17, 15) is 4.79 Å². The van der Waals surface area contributed by atoms with Gasteiger partial charge in [0.05, 0.1) is 23.7 Å². The van der Waals surface area contributed by atoms with Crippen molar-refractivity contribution in [2.45, 2.75) is 19.4 Å². The van der Waals surface area contributed by atoms with Gasteiger partial charge in [0.1, 0.15) is 0 Å². The monoisotopic (exact) mass is 299 g/mol. The third-order valence-corrected chi connectivity index (χ3v) is 4.84. The van der Waals surface area contributed by atoms with Gasteiger partial charge in [0, 0.05) is 17.3 Å². The van der Waals surface area contributed by atoms with Gasteiger partial charge in [0.15, 0.2) is 0 Å². The first-order valence-electron chi connectivity index (χ1n) is 6.88. The Morgan fingerprint density at radius 1 is 1.33 bits per heavy atom. The molecular formula is C16H17N3OS. The van der Waals surface area contributed by atoms with Crippen LogP contribution in [0, 0.1) is 0 Å². The molecule has 0 saturated heterocycles. The molecule has 0 aliphatic heterocycles. The second-order valence-corrected chi connectivity index (χ2v) is 6.07. The van der Waals surface area contributed by atoms with Crippen molar-refractivity contribution in [3.05, 3.63) is 52.3 Å². The number of nitrogens with zero attached hydrogens (tertiary/aromatic N) is 2. The van der Waals surface area contributed by atoms with Crippen LogP contribution in [-0.4, -0.2) is 28.1 Å². The topological polar surface area (TPSA) is 49.0 Å². The van der Waals surface area contributed by atoms with Crippen molar-refractivity contribution < 1.29 is 4.79 Å². The van der Waals surface area contributed by atoms with E-state index in [-0.39, 0.29) is 11.9 Å². The zero-order chi connectivity index (χ0) is 14.8. The second-order valence-electron chi connectivity index (χ2n) is 5.09. The van der Waals surface area contributed by atoms with Crippen LogP contribution >= 0.6 is 11.3 Å². The molecule has 0 bridgehead atoms. The molecule has 2 heterocycles. The maximum atomic E-state index is 12.5. The van der Waals surface area contributed by atoms with Gasteiger partial charge < -0.3 is 4.90 Å². The zero-order valence-corrected chi connectivity index (χ0v) is 12.9. The van der Waals surface area contributed by atoms with E-state index in [1.165, 1.54) is 4.88 Å². The summed E-state index contributed by atoms with van der Waals surface area (Å²) in [5.41, 5.74) is 1.77. The molecule has 0 unspecified atom stereocenters. The first kappa shape index (κ1) is 13.8. The number of para-hydroxylation sites is 1. The maximum Gasteiger partial charge on any atom is 0.228 e. The number of carbonyl (C=O) groups is 1. The number of fused-ring (bicyclic) bond motifs is 1. The van der Waals surface area contributed by atoms with Gasteiger partial charge in [0.2, 0.25) is 5.91 Å². The molecule has 1 aromatic carbocycles. The maximum absolute atomic E-state index is 12.5. The third-order valence-electron chi connectivity index (χ3n) is 3.80. The first-order chi connectivity index (χ1) is 10.2. The Morgan fingerprint density at radius 3 is 2.90 bits per heavy atom. The number of carbonyl (C=O) groups excluding carboxylic acids is 1. The van der Waals surface area contributed by atoms with Crippen LogP contribution in [0.5, 0.6) is 0 Å². The van der Waals surface area contributed by atoms with Crippen LogP contribution in [0.2, 0.25) is 0 Å². The largest absolute Gasteiger partial charge is 0.338 e. The molecule has 3 aromatic rings. The Bertz CT molecular complexity index is 748. The highest BCUT2D eigenvalue weighted by molar-refractivity contribution is 7.10. The van der Waals surface area contributed by atoms with Crippen molar-refractivity contribution in [3.63, 3.8) is 0 Å².